The van der Waals surface area contributed by atoms with Crippen LogP contribution in [0.3, 0.4) is 0 Å². The van der Waals surface area contributed by atoms with Crippen molar-refractivity contribution in [1.29, 1.82) is 0 Å². The molecule has 3 aliphatic carbocycles. The minimum Gasteiger partial charge on any atom is -0.373 e. The molecule has 4 bridgehead atoms. The number of hydrogen-bond donors (Lipinski definition) is 0. The maximum Gasteiger partial charge on any atom is 0.240 e. The van der Waals surface area contributed by atoms with E-state index in [9.17, 15) is 9.59 Å². The van der Waals surface area contributed by atoms with Crippen molar-refractivity contribution in [2.75, 3.05) is 4.90 Å². The highest BCUT2D eigenvalue weighted by Crippen LogP contribution is 2.79. The molecule has 6 fully saturated rings. The molecule has 128 valence electrons. The normalized spacial score (nSPS) is 50.0. The van der Waals surface area contributed by atoms with Gasteiger partial charge in [0.2, 0.25) is 11.8 Å². The molecular weight excluding hydrogens is 314 g/mol. The number of nitrogens with zero attached hydrogens (tertiary/aromatic N) is 1. The van der Waals surface area contributed by atoms with Gasteiger partial charge in [-0.3, -0.25) is 9.59 Å². The van der Waals surface area contributed by atoms with Crippen molar-refractivity contribution in [1.82, 2.24) is 0 Å². The fourth-order valence-electron chi connectivity index (χ4n) is 7.93. The van der Waals surface area contributed by atoms with Crippen LogP contribution < -0.4 is 4.90 Å². The molecule has 3 aliphatic heterocycles. The Morgan fingerprint density at radius 1 is 0.880 bits per heavy atom. The van der Waals surface area contributed by atoms with E-state index in [1.807, 2.05) is 30.3 Å². The Morgan fingerprint density at radius 3 is 1.96 bits per heavy atom. The second-order valence-corrected chi connectivity index (χ2v) is 9.14. The number of anilines is 1. The van der Waals surface area contributed by atoms with E-state index >= 15 is 0 Å². The Bertz CT molecular complexity index is 772. The Labute approximate surface area is 146 Å². The number of ether oxygens (including phenoxy) is 1. The van der Waals surface area contributed by atoms with Crippen LogP contribution in [0.1, 0.15) is 25.7 Å². The zero-order valence-corrected chi connectivity index (χ0v) is 14.0. The first-order valence-electron chi connectivity index (χ1n) is 9.81. The molecule has 3 saturated carbocycles. The highest BCUT2D eigenvalue weighted by Gasteiger charge is 2.79. The number of imide groups is 1. The summed E-state index contributed by atoms with van der Waals surface area (Å²) in [6.45, 7) is 0. The molecule has 1 aromatic rings. The number of carbonyl (C=O) groups excluding carboxylic acids is 2. The Morgan fingerprint density at radius 2 is 1.44 bits per heavy atom. The lowest BCUT2D eigenvalue weighted by Crippen LogP contribution is -2.43. The van der Waals surface area contributed by atoms with Gasteiger partial charge in [0, 0.05) is 0 Å². The Balaban J connectivity index is 1.31. The first-order valence-corrected chi connectivity index (χ1v) is 9.81. The zero-order valence-electron chi connectivity index (χ0n) is 14.0. The van der Waals surface area contributed by atoms with Gasteiger partial charge in [-0.25, -0.2) is 4.90 Å². The molecule has 0 N–H and O–H groups in total. The van der Waals surface area contributed by atoms with Gasteiger partial charge in [-0.05, 0) is 66.9 Å². The number of carbonyl (C=O) groups is 2. The molecule has 3 saturated heterocycles. The van der Waals surface area contributed by atoms with Crippen LogP contribution >= 0.6 is 0 Å². The quantitative estimate of drug-likeness (QED) is 0.741. The van der Waals surface area contributed by atoms with Gasteiger partial charge in [-0.1, -0.05) is 18.2 Å². The largest absolute Gasteiger partial charge is 0.373 e. The molecule has 3 heterocycles. The summed E-state index contributed by atoms with van der Waals surface area (Å²) in [5.74, 6) is 2.11. The Hall–Kier alpha value is -1.68. The van der Waals surface area contributed by atoms with E-state index in [0.717, 1.165) is 17.5 Å². The summed E-state index contributed by atoms with van der Waals surface area (Å²) in [5.41, 5.74) is 1.30. The molecule has 25 heavy (non-hydrogen) atoms. The van der Waals surface area contributed by atoms with Crippen molar-refractivity contribution in [3.05, 3.63) is 30.3 Å². The summed E-state index contributed by atoms with van der Waals surface area (Å²) in [6, 6.07) is 9.42. The maximum atomic E-state index is 13.2. The van der Waals surface area contributed by atoms with Crippen molar-refractivity contribution < 1.29 is 14.3 Å². The molecule has 6 aliphatic rings. The van der Waals surface area contributed by atoms with Crippen molar-refractivity contribution in [2.45, 2.75) is 37.9 Å². The summed E-state index contributed by atoms with van der Waals surface area (Å²) >= 11 is 0. The third-order valence-corrected chi connectivity index (χ3v) is 8.66. The highest BCUT2D eigenvalue weighted by atomic mass is 16.5. The Kier molecular flexibility index (Phi) is 2.17. The molecule has 7 rings (SSSR count). The summed E-state index contributed by atoms with van der Waals surface area (Å²) in [7, 11) is 0. The fraction of sp³-hybridized carbons (Fsp3) is 0.619. The fourth-order valence-corrected chi connectivity index (χ4v) is 7.93. The second-order valence-electron chi connectivity index (χ2n) is 9.14. The van der Waals surface area contributed by atoms with E-state index < -0.39 is 0 Å². The van der Waals surface area contributed by atoms with Crippen LogP contribution in [0.2, 0.25) is 0 Å². The third kappa shape index (κ3) is 1.30. The van der Waals surface area contributed by atoms with Gasteiger partial charge >= 0.3 is 0 Å². The van der Waals surface area contributed by atoms with Gasteiger partial charge in [0.15, 0.2) is 0 Å². The molecule has 0 radical (unpaired) electrons. The lowest BCUT2D eigenvalue weighted by Gasteiger charge is -2.35. The minimum absolute atomic E-state index is 0.00191. The number of hydrogen-bond acceptors (Lipinski definition) is 3. The molecule has 4 heteroatoms. The zero-order chi connectivity index (χ0) is 16.5. The van der Waals surface area contributed by atoms with E-state index in [4.69, 9.17) is 4.74 Å². The minimum atomic E-state index is -0.228. The maximum absolute atomic E-state index is 13.2. The SMILES string of the molecule is O=C1[C@@H]2[C@H]3O[C@@H]([C@@H]2C(=O)N1c1ccccc1)[C@H]1[C@H]3[C@H]2CC[C@H]1C21CC1. The summed E-state index contributed by atoms with van der Waals surface area (Å²) < 4.78 is 6.36. The van der Waals surface area contributed by atoms with Gasteiger partial charge in [-0.2, -0.15) is 0 Å². The molecule has 1 spiro atoms. The second kappa shape index (κ2) is 4.01. The van der Waals surface area contributed by atoms with Crippen molar-refractivity contribution in [3.63, 3.8) is 0 Å². The average Bonchev–Trinajstić information content (AvgIpc) is 2.88. The summed E-state index contributed by atoms with van der Waals surface area (Å²) in [6.07, 6.45) is 5.39. The lowest BCUT2D eigenvalue weighted by molar-refractivity contribution is -0.125. The van der Waals surface area contributed by atoms with Crippen LogP contribution in [0.15, 0.2) is 30.3 Å². The van der Waals surface area contributed by atoms with Crippen LogP contribution in [0.25, 0.3) is 0 Å². The van der Waals surface area contributed by atoms with E-state index in [2.05, 4.69) is 0 Å². The number of para-hydroxylation sites is 1. The van der Waals surface area contributed by atoms with Crippen molar-refractivity contribution in [3.8, 4) is 0 Å². The van der Waals surface area contributed by atoms with Crippen LogP contribution in [0.5, 0.6) is 0 Å². The number of benzene rings is 1. The molecular formula is C21H21NO3. The van der Waals surface area contributed by atoms with Crippen LogP contribution in [0, 0.1) is 40.9 Å². The van der Waals surface area contributed by atoms with Gasteiger partial charge in [0.05, 0.1) is 29.7 Å². The van der Waals surface area contributed by atoms with Gasteiger partial charge < -0.3 is 4.74 Å². The highest BCUT2D eigenvalue weighted by molar-refractivity contribution is 6.22. The van der Waals surface area contributed by atoms with Gasteiger partial charge in [0.25, 0.3) is 0 Å². The molecule has 8 atom stereocenters. The molecule has 4 nitrogen and oxygen atoms in total. The number of fused-ring (bicyclic) bond motifs is 10. The number of amides is 2. The molecule has 0 aromatic heterocycles. The standard InChI is InChI=1S/C21H21NO3/c23-19-15-16(20(24)22(19)10-4-2-1-3-5-10)18-14-12-7-6-11(21(12)8-9-21)13(14)17(15)25-18/h1-5,11-18H,6-9H2/t11-,12-,13-,14-,15-,16+,17-,18+/m1/s1. The van der Waals surface area contributed by atoms with Gasteiger partial charge in [-0.15, -0.1) is 0 Å². The average molecular weight is 335 g/mol. The molecule has 2 amide bonds. The van der Waals surface area contributed by atoms with Crippen molar-refractivity contribution >= 4 is 17.5 Å². The topological polar surface area (TPSA) is 46.6 Å². The first kappa shape index (κ1) is 13.5. The van der Waals surface area contributed by atoms with Gasteiger partial charge in [0.1, 0.15) is 0 Å². The van der Waals surface area contributed by atoms with E-state index in [1.54, 1.807) is 0 Å². The van der Waals surface area contributed by atoms with Crippen LogP contribution in [0.4, 0.5) is 5.69 Å². The number of rotatable bonds is 1. The predicted molar refractivity (Wildman–Crippen MR) is 89.4 cm³/mol. The van der Waals surface area contributed by atoms with E-state index in [-0.39, 0.29) is 35.9 Å². The predicted octanol–water partition coefficient (Wildman–Crippen LogP) is 2.63. The van der Waals surface area contributed by atoms with E-state index in [0.29, 0.717) is 17.3 Å². The van der Waals surface area contributed by atoms with E-state index in [1.165, 1.54) is 30.6 Å². The third-order valence-electron chi connectivity index (χ3n) is 8.66. The van der Waals surface area contributed by atoms with Crippen molar-refractivity contribution in [2.24, 2.45) is 40.9 Å². The summed E-state index contributed by atoms with van der Waals surface area (Å²) in [5, 5.41) is 0. The van der Waals surface area contributed by atoms with Crippen LogP contribution in [-0.2, 0) is 14.3 Å². The summed E-state index contributed by atoms with van der Waals surface area (Å²) in [4.78, 5) is 27.8. The lowest BCUT2D eigenvalue weighted by atomic mass is 9.64. The monoisotopic (exact) mass is 335 g/mol. The first-order chi connectivity index (χ1) is 12.2. The molecule has 0 unspecified atom stereocenters. The van der Waals surface area contributed by atoms with Crippen LogP contribution in [-0.4, -0.2) is 24.0 Å². The smallest absolute Gasteiger partial charge is 0.240 e. The molecule has 1 aromatic carbocycles.